The first-order valence-electron chi connectivity index (χ1n) is 5.79. The number of ether oxygens (including phenoxy) is 1. The van der Waals surface area contributed by atoms with Gasteiger partial charge in [0.1, 0.15) is 0 Å². The molecule has 2 unspecified atom stereocenters. The fourth-order valence-corrected chi connectivity index (χ4v) is 2.13. The number of esters is 1. The molecule has 0 radical (unpaired) electrons. The Labute approximate surface area is 110 Å². The molecule has 19 heavy (non-hydrogen) atoms. The summed E-state index contributed by atoms with van der Waals surface area (Å²) in [5, 5.41) is 1.02. The molecule has 100 valence electrons. The lowest BCUT2D eigenvalue weighted by molar-refractivity contribution is -0.174. The number of β-lactam (4-membered cyclic amide) rings is 1. The summed E-state index contributed by atoms with van der Waals surface area (Å²) in [7, 11) is 1.25. The Morgan fingerprint density at radius 2 is 1.89 bits per heavy atom. The lowest BCUT2D eigenvalue weighted by Gasteiger charge is -2.44. The fourth-order valence-electron chi connectivity index (χ4n) is 2.13. The van der Waals surface area contributed by atoms with Gasteiger partial charge in [-0.3, -0.25) is 15.0 Å². The van der Waals surface area contributed by atoms with Crippen LogP contribution in [0.5, 0.6) is 0 Å². The van der Waals surface area contributed by atoms with Crippen LogP contribution in [0.2, 0.25) is 0 Å². The standard InChI is InChI=1S/C13H14N2O4/c1-8(16)14-15-11(13(18)19-2)10(12(15)17)9-6-4-3-5-7-9/h3-7,10-11H,1-2H3,(H,14,16). The first kappa shape index (κ1) is 13.1. The van der Waals surface area contributed by atoms with Crippen molar-refractivity contribution in [3.8, 4) is 0 Å². The minimum absolute atomic E-state index is 0.322. The molecule has 1 aromatic rings. The molecule has 1 N–H and O–H groups in total. The minimum atomic E-state index is -0.816. The van der Waals surface area contributed by atoms with E-state index in [0.717, 1.165) is 10.6 Å². The molecule has 1 aliphatic rings. The largest absolute Gasteiger partial charge is 0.467 e. The molecule has 0 spiro atoms. The number of hydrogen-bond donors (Lipinski definition) is 1. The van der Waals surface area contributed by atoms with Crippen LogP contribution >= 0.6 is 0 Å². The minimum Gasteiger partial charge on any atom is -0.467 e. The summed E-state index contributed by atoms with van der Waals surface area (Å²) in [5.41, 5.74) is 3.06. The van der Waals surface area contributed by atoms with E-state index in [-0.39, 0.29) is 5.91 Å². The van der Waals surface area contributed by atoms with E-state index in [1.54, 1.807) is 24.3 Å². The number of rotatable bonds is 3. The summed E-state index contributed by atoms with van der Waals surface area (Å²) >= 11 is 0. The zero-order valence-electron chi connectivity index (χ0n) is 10.6. The van der Waals surface area contributed by atoms with Crippen molar-refractivity contribution in [1.29, 1.82) is 0 Å². The predicted molar refractivity (Wildman–Crippen MR) is 65.6 cm³/mol. The summed E-state index contributed by atoms with van der Waals surface area (Å²) in [6, 6.07) is 8.12. The molecule has 2 atom stereocenters. The van der Waals surface area contributed by atoms with E-state index in [4.69, 9.17) is 0 Å². The second kappa shape index (κ2) is 5.09. The van der Waals surface area contributed by atoms with E-state index >= 15 is 0 Å². The molecule has 1 heterocycles. The van der Waals surface area contributed by atoms with Crippen LogP contribution in [-0.4, -0.2) is 35.9 Å². The molecular formula is C13H14N2O4. The van der Waals surface area contributed by atoms with Crippen molar-refractivity contribution < 1.29 is 19.1 Å². The van der Waals surface area contributed by atoms with Crippen LogP contribution in [0.3, 0.4) is 0 Å². The number of nitrogens with zero attached hydrogens (tertiary/aromatic N) is 1. The Morgan fingerprint density at radius 1 is 1.26 bits per heavy atom. The second-order valence-corrected chi connectivity index (χ2v) is 4.23. The van der Waals surface area contributed by atoms with E-state index in [9.17, 15) is 14.4 Å². The Hall–Kier alpha value is -2.37. The van der Waals surface area contributed by atoms with E-state index in [2.05, 4.69) is 10.2 Å². The first-order valence-corrected chi connectivity index (χ1v) is 5.79. The molecule has 1 saturated heterocycles. The Morgan fingerprint density at radius 3 is 2.42 bits per heavy atom. The van der Waals surface area contributed by atoms with Crippen molar-refractivity contribution in [2.24, 2.45) is 0 Å². The summed E-state index contributed by atoms with van der Waals surface area (Å²) in [5.74, 6) is -1.90. The highest BCUT2D eigenvalue weighted by Crippen LogP contribution is 2.34. The van der Waals surface area contributed by atoms with Gasteiger partial charge in [-0.1, -0.05) is 30.3 Å². The molecule has 1 aromatic carbocycles. The van der Waals surface area contributed by atoms with Gasteiger partial charge in [-0.25, -0.2) is 9.80 Å². The second-order valence-electron chi connectivity index (χ2n) is 4.23. The van der Waals surface area contributed by atoms with Gasteiger partial charge >= 0.3 is 5.97 Å². The number of benzene rings is 1. The number of hydrogen-bond acceptors (Lipinski definition) is 4. The van der Waals surface area contributed by atoms with Gasteiger partial charge < -0.3 is 4.74 Å². The number of carbonyl (C=O) groups is 3. The van der Waals surface area contributed by atoms with Gasteiger partial charge in [0.15, 0.2) is 6.04 Å². The van der Waals surface area contributed by atoms with Crippen molar-refractivity contribution in [2.75, 3.05) is 7.11 Å². The Kier molecular flexibility index (Phi) is 3.50. The molecule has 2 amide bonds. The van der Waals surface area contributed by atoms with Gasteiger partial charge in [0, 0.05) is 6.92 Å². The molecule has 0 bridgehead atoms. The van der Waals surface area contributed by atoms with Crippen LogP contribution < -0.4 is 5.43 Å². The van der Waals surface area contributed by atoms with Gasteiger partial charge in [0.2, 0.25) is 5.91 Å². The highest BCUT2D eigenvalue weighted by molar-refractivity contribution is 6.01. The topological polar surface area (TPSA) is 75.7 Å². The maximum Gasteiger partial charge on any atom is 0.331 e. The summed E-state index contributed by atoms with van der Waals surface area (Å²) in [4.78, 5) is 34.8. The maximum atomic E-state index is 12.0. The lowest BCUT2D eigenvalue weighted by atomic mass is 9.83. The van der Waals surface area contributed by atoms with Crippen molar-refractivity contribution in [2.45, 2.75) is 18.9 Å². The van der Waals surface area contributed by atoms with Crippen molar-refractivity contribution in [3.63, 3.8) is 0 Å². The summed E-state index contributed by atoms with van der Waals surface area (Å²) in [6.45, 7) is 1.28. The monoisotopic (exact) mass is 262 g/mol. The van der Waals surface area contributed by atoms with Gasteiger partial charge in [-0.05, 0) is 5.56 Å². The van der Waals surface area contributed by atoms with E-state index in [1.807, 2.05) is 6.07 Å². The van der Waals surface area contributed by atoms with Crippen LogP contribution in [0.15, 0.2) is 30.3 Å². The highest BCUT2D eigenvalue weighted by atomic mass is 16.5. The van der Waals surface area contributed by atoms with E-state index < -0.39 is 23.8 Å². The van der Waals surface area contributed by atoms with Crippen LogP contribution in [0.4, 0.5) is 0 Å². The fraction of sp³-hybridized carbons (Fsp3) is 0.308. The first-order chi connectivity index (χ1) is 9.06. The number of carbonyl (C=O) groups excluding carboxylic acids is 3. The third-order valence-corrected chi connectivity index (χ3v) is 2.98. The highest BCUT2D eigenvalue weighted by Gasteiger charge is 2.53. The van der Waals surface area contributed by atoms with Crippen molar-refractivity contribution in [3.05, 3.63) is 35.9 Å². The summed E-state index contributed by atoms with van der Waals surface area (Å²) < 4.78 is 4.68. The zero-order chi connectivity index (χ0) is 14.0. The molecule has 6 nitrogen and oxygen atoms in total. The van der Waals surface area contributed by atoms with Crippen LogP contribution in [-0.2, 0) is 19.1 Å². The molecule has 6 heteroatoms. The lowest BCUT2D eigenvalue weighted by Crippen LogP contribution is -2.68. The zero-order valence-corrected chi connectivity index (χ0v) is 10.6. The average molecular weight is 262 g/mol. The third kappa shape index (κ3) is 2.29. The predicted octanol–water partition coefficient (Wildman–Crippen LogP) is 0.205. The molecular weight excluding hydrogens is 248 g/mol. The normalized spacial score (nSPS) is 21.6. The van der Waals surface area contributed by atoms with E-state index in [0.29, 0.717) is 0 Å². The maximum absolute atomic E-state index is 12.0. The van der Waals surface area contributed by atoms with Crippen molar-refractivity contribution in [1.82, 2.24) is 10.4 Å². The van der Waals surface area contributed by atoms with Crippen molar-refractivity contribution >= 4 is 17.8 Å². The van der Waals surface area contributed by atoms with E-state index in [1.165, 1.54) is 14.0 Å². The molecule has 0 aromatic heterocycles. The number of hydrazine groups is 1. The van der Waals surface area contributed by atoms with Gasteiger partial charge in [-0.2, -0.15) is 0 Å². The smallest absolute Gasteiger partial charge is 0.331 e. The molecule has 0 saturated carbocycles. The molecule has 0 aliphatic carbocycles. The van der Waals surface area contributed by atoms with Crippen LogP contribution in [0.25, 0.3) is 0 Å². The SMILES string of the molecule is COC(=O)C1C(c2ccccc2)C(=O)N1NC(C)=O. The summed E-state index contributed by atoms with van der Waals surface area (Å²) in [6.07, 6.45) is 0. The molecule has 2 rings (SSSR count). The van der Waals surface area contributed by atoms with Crippen LogP contribution in [0.1, 0.15) is 18.4 Å². The number of nitrogens with one attached hydrogen (secondary N) is 1. The third-order valence-electron chi connectivity index (χ3n) is 2.98. The van der Waals surface area contributed by atoms with Gasteiger partial charge in [0.25, 0.3) is 5.91 Å². The van der Waals surface area contributed by atoms with Gasteiger partial charge in [-0.15, -0.1) is 0 Å². The Bertz CT molecular complexity index is 515. The van der Waals surface area contributed by atoms with Gasteiger partial charge in [0.05, 0.1) is 13.0 Å². The Balaban J connectivity index is 2.27. The quantitative estimate of drug-likeness (QED) is 0.624. The molecule has 1 aliphatic heterocycles. The number of methoxy groups -OCH3 is 1. The number of amides is 2. The van der Waals surface area contributed by atoms with Crippen LogP contribution in [0, 0.1) is 0 Å². The average Bonchev–Trinajstić information content (AvgIpc) is 2.41. The molecule has 1 fully saturated rings.